The first kappa shape index (κ1) is 37.8. The molecule has 17 heteroatoms. The van der Waals surface area contributed by atoms with Gasteiger partial charge in [0, 0.05) is 37.6 Å². The molecule has 0 radical (unpaired) electrons. The molecule has 0 aromatic heterocycles. The Balaban J connectivity index is 2.37. The Morgan fingerprint density at radius 2 is 1.63 bits per heavy atom. The number of aliphatic hydroxyl groups is 3. The first-order valence-corrected chi connectivity index (χ1v) is 13.8. The Bertz CT molecular complexity index is 977. The highest BCUT2D eigenvalue weighted by Crippen LogP contribution is 2.22. The first-order valence-electron chi connectivity index (χ1n) is 13.8. The van der Waals surface area contributed by atoms with Crippen molar-refractivity contribution in [2.45, 2.75) is 82.6 Å². The molecule has 3 amide bonds. The summed E-state index contributed by atoms with van der Waals surface area (Å²) >= 11 is 0. The Morgan fingerprint density at radius 1 is 0.930 bits per heavy atom. The minimum Gasteiger partial charge on any atom is -0.480 e. The van der Waals surface area contributed by atoms with Crippen molar-refractivity contribution in [3.63, 3.8) is 0 Å². The van der Waals surface area contributed by atoms with E-state index in [0.717, 1.165) is 0 Å². The summed E-state index contributed by atoms with van der Waals surface area (Å²) in [6.07, 6.45) is -4.35. The number of aliphatic carboxylic acids is 2. The topological polar surface area (TPSA) is 276 Å². The van der Waals surface area contributed by atoms with Crippen LogP contribution in [0.1, 0.15) is 46.0 Å². The van der Waals surface area contributed by atoms with Crippen LogP contribution < -0.4 is 21.7 Å². The smallest absolute Gasteiger partial charge is 0.332 e. The van der Waals surface area contributed by atoms with Gasteiger partial charge in [-0.2, -0.15) is 0 Å². The van der Waals surface area contributed by atoms with Gasteiger partial charge in [0.2, 0.25) is 17.7 Å². The van der Waals surface area contributed by atoms with E-state index in [4.69, 9.17) is 25.1 Å². The summed E-state index contributed by atoms with van der Waals surface area (Å²) in [4.78, 5) is 58.3. The second-order valence-corrected chi connectivity index (χ2v) is 9.87. The molecule has 17 nitrogen and oxygen atoms in total. The van der Waals surface area contributed by atoms with Gasteiger partial charge < -0.3 is 61.4 Å². The highest BCUT2D eigenvalue weighted by Gasteiger charge is 2.45. The van der Waals surface area contributed by atoms with Crippen molar-refractivity contribution in [1.82, 2.24) is 16.0 Å². The molecule has 1 saturated heterocycles. The van der Waals surface area contributed by atoms with E-state index in [2.05, 4.69) is 16.0 Å². The summed E-state index contributed by atoms with van der Waals surface area (Å²) in [5.41, 5.74) is 5.16. The minimum absolute atomic E-state index is 0.0392. The van der Waals surface area contributed by atoms with Crippen LogP contribution in [0.15, 0.2) is 11.1 Å². The second-order valence-electron chi connectivity index (χ2n) is 9.87. The Morgan fingerprint density at radius 3 is 2.23 bits per heavy atom. The van der Waals surface area contributed by atoms with E-state index in [9.17, 15) is 44.4 Å². The predicted octanol–water partition coefficient (Wildman–Crippen LogP) is -3.04. The fraction of sp³-hybridized carbons (Fsp3) is 0.731. The van der Waals surface area contributed by atoms with Gasteiger partial charge in [-0.05, 0) is 32.6 Å². The third-order valence-electron chi connectivity index (χ3n) is 6.53. The Hall–Kier alpha value is -3.19. The quantitative estimate of drug-likeness (QED) is 0.0483. The molecule has 0 unspecified atom stereocenters. The van der Waals surface area contributed by atoms with Crippen LogP contribution in [0, 0.1) is 0 Å². The molecule has 0 spiro atoms. The maximum Gasteiger partial charge on any atom is 0.332 e. The average molecular weight is 621 g/mol. The molecule has 1 aliphatic heterocycles. The number of rotatable bonds is 20. The van der Waals surface area contributed by atoms with Crippen LogP contribution in [0.2, 0.25) is 0 Å². The molecular weight excluding hydrogens is 576 g/mol. The number of aliphatic hydroxyl groups excluding tert-OH is 3. The van der Waals surface area contributed by atoms with Crippen molar-refractivity contribution in [2.24, 2.45) is 5.73 Å². The van der Waals surface area contributed by atoms with Gasteiger partial charge in [0.1, 0.15) is 30.4 Å². The van der Waals surface area contributed by atoms with Crippen molar-refractivity contribution < 1.29 is 63.7 Å². The van der Waals surface area contributed by atoms with Crippen molar-refractivity contribution >= 4 is 29.7 Å². The van der Waals surface area contributed by atoms with Crippen LogP contribution in [0.25, 0.3) is 0 Å². The van der Waals surface area contributed by atoms with E-state index < -0.39 is 73.0 Å². The van der Waals surface area contributed by atoms with Gasteiger partial charge in [-0.3, -0.25) is 19.2 Å². The summed E-state index contributed by atoms with van der Waals surface area (Å²) in [5.74, 6) is -3.98. The monoisotopic (exact) mass is 620 g/mol. The van der Waals surface area contributed by atoms with E-state index in [1.165, 1.54) is 13.8 Å². The fourth-order valence-corrected chi connectivity index (χ4v) is 4.07. The van der Waals surface area contributed by atoms with Crippen LogP contribution in [0.4, 0.5) is 0 Å². The standard InChI is InChI=1S/C26H44N4O13/c1-14(23(36)29-8-4-3-5-17(27)25(39)40)16(24(37)38)6-7-19(33)28-9-10-41-11-12-42-26-20(30-15(2)32)22(35)21(34)18(13-31)43-26/h17-18,20-22,26,31,34-35H,3-13,27H2,1-2H3,(H,28,33)(H,29,36)(H,30,32)(H,37,38)(H,39,40)/b16-14-/t17-,18+,20+,21-,22+,26+/m0/s1. The van der Waals surface area contributed by atoms with Crippen LogP contribution in [0.5, 0.6) is 0 Å². The van der Waals surface area contributed by atoms with Gasteiger partial charge in [-0.15, -0.1) is 0 Å². The number of carboxylic acids is 2. The molecule has 6 atom stereocenters. The van der Waals surface area contributed by atoms with Crippen molar-refractivity contribution in [2.75, 3.05) is 39.5 Å². The van der Waals surface area contributed by atoms with E-state index in [-0.39, 0.29) is 63.3 Å². The summed E-state index contributed by atoms with van der Waals surface area (Å²) in [5, 5.41) is 55.4. The van der Waals surface area contributed by atoms with Gasteiger partial charge in [0.15, 0.2) is 6.29 Å². The molecule has 0 aliphatic carbocycles. The molecule has 1 aliphatic rings. The van der Waals surface area contributed by atoms with Gasteiger partial charge in [-0.25, -0.2) is 4.79 Å². The second kappa shape index (κ2) is 19.9. The third kappa shape index (κ3) is 13.8. The number of carbonyl (C=O) groups excluding carboxylic acids is 3. The lowest BCUT2D eigenvalue weighted by molar-refractivity contribution is -0.272. The lowest BCUT2D eigenvalue weighted by Gasteiger charge is -2.42. The predicted molar refractivity (Wildman–Crippen MR) is 147 cm³/mol. The SMILES string of the molecule is CC(=O)N[C@H]1[C@H](OCCOCCNC(=O)CC/C(C(=O)O)=C(\C)C(=O)NCCCC[C@H](N)C(=O)O)O[C@H](CO)[C@H](O)[C@@H]1O. The zero-order chi connectivity index (χ0) is 32.5. The highest BCUT2D eigenvalue weighted by atomic mass is 16.7. The summed E-state index contributed by atoms with van der Waals surface area (Å²) in [6, 6.07) is -2.06. The lowest BCUT2D eigenvalue weighted by Crippen LogP contribution is -2.64. The maximum absolute atomic E-state index is 12.3. The summed E-state index contributed by atoms with van der Waals surface area (Å²) in [6.45, 7) is 2.37. The number of unbranched alkanes of at least 4 members (excludes halogenated alkanes) is 1. The van der Waals surface area contributed by atoms with Gasteiger partial charge in [0.25, 0.3) is 0 Å². The number of hydrogen-bond donors (Lipinski definition) is 9. The van der Waals surface area contributed by atoms with Crippen molar-refractivity contribution in [1.29, 1.82) is 0 Å². The highest BCUT2D eigenvalue weighted by molar-refractivity contribution is 6.02. The normalized spacial score (nSPS) is 23.1. The van der Waals surface area contributed by atoms with E-state index >= 15 is 0 Å². The number of carboxylic acid groups (broad SMARTS) is 2. The van der Waals surface area contributed by atoms with Crippen molar-refractivity contribution in [3.8, 4) is 0 Å². The molecule has 246 valence electrons. The Labute approximate surface area is 248 Å². The number of amides is 3. The zero-order valence-corrected chi connectivity index (χ0v) is 24.3. The average Bonchev–Trinajstić information content (AvgIpc) is 2.94. The largest absolute Gasteiger partial charge is 0.480 e. The van der Waals surface area contributed by atoms with Crippen LogP contribution >= 0.6 is 0 Å². The zero-order valence-electron chi connectivity index (χ0n) is 24.3. The molecule has 1 heterocycles. The number of ether oxygens (including phenoxy) is 3. The van der Waals surface area contributed by atoms with Crippen LogP contribution in [-0.2, 0) is 38.2 Å². The van der Waals surface area contributed by atoms with Crippen LogP contribution in [0.3, 0.4) is 0 Å². The first-order chi connectivity index (χ1) is 20.3. The summed E-state index contributed by atoms with van der Waals surface area (Å²) in [7, 11) is 0. The number of hydrogen-bond acceptors (Lipinski definition) is 12. The molecule has 0 saturated carbocycles. The summed E-state index contributed by atoms with van der Waals surface area (Å²) < 4.78 is 16.3. The van der Waals surface area contributed by atoms with E-state index in [1.807, 2.05) is 0 Å². The number of nitrogens with one attached hydrogen (secondary N) is 3. The van der Waals surface area contributed by atoms with E-state index in [0.29, 0.717) is 12.8 Å². The Kier molecular flexibility index (Phi) is 17.5. The van der Waals surface area contributed by atoms with Crippen molar-refractivity contribution in [3.05, 3.63) is 11.1 Å². The maximum atomic E-state index is 12.3. The molecule has 1 rings (SSSR count). The van der Waals surface area contributed by atoms with E-state index in [1.54, 1.807) is 0 Å². The molecule has 1 fully saturated rings. The van der Waals surface area contributed by atoms with Gasteiger partial charge in [-0.1, -0.05) is 0 Å². The van der Waals surface area contributed by atoms with Gasteiger partial charge >= 0.3 is 11.9 Å². The minimum atomic E-state index is -1.44. The fourth-order valence-electron chi connectivity index (χ4n) is 4.07. The molecule has 0 aromatic rings. The molecule has 43 heavy (non-hydrogen) atoms. The van der Waals surface area contributed by atoms with Crippen LogP contribution in [-0.4, -0.2) is 131 Å². The molecular formula is C26H44N4O13. The lowest BCUT2D eigenvalue weighted by atomic mass is 9.97. The number of nitrogens with two attached hydrogens (primary N) is 1. The number of carbonyl (C=O) groups is 5. The van der Waals surface area contributed by atoms with Gasteiger partial charge in [0.05, 0.1) is 26.4 Å². The molecule has 0 bridgehead atoms. The molecule has 0 aromatic carbocycles. The third-order valence-corrected chi connectivity index (χ3v) is 6.53. The molecule has 10 N–H and O–H groups in total.